The minimum atomic E-state index is -1.61. The molecule has 3 atom stereocenters. The molecular weight excluding hydrogens is 299 g/mol. The fraction of sp³-hybridized carbons (Fsp3) is 0.882. The van der Waals surface area contributed by atoms with Crippen molar-refractivity contribution in [2.45, 2.75) is 87.7 Å². The highest BCUT2D eigenvalue weighted by Crippen LogP contribution is 2.44. The quantitative estimate of drug-likeness (QED) is 0.859. The van der Waals surface area contributed by atoms with Gasteiger partial charge >= 0.3 is 0 Å². The number of hydrogen-bond donors (Lipinski definition) is 1. The molecule has 0 unspecified atom stereocenters. The van der Waals surface area contributed by atoms with E-state index in [0.717, 1.165) is 19.3 Å². The molecule has 0 spiro atoms. The fourth-order valence-corrected chi connectivity index (χ4v) is 4.32. The van der Waals surface area contributed by atoms with Crippen LogP contribution < -0.4 is 5.32 Å². The van der Waals surface area contributed by atoms with E-state index < -0.39 is 11.8 Å². The van der Waals surface area contributed by atoms with Gasteiger partial charge in [-0.3, -0.25) is 9.59 Å². The molecule has 6 heteroatoms. The van der Waals surface area contributed by atoms with Crippen LogP contribution >= 0.6 is 0 Å². The molecule has 5 nitrogen and oxygen atoms in total. The first-order chi connectivity index (χ1) is 11.1. The maximum atomic E-state index is 14.0. The third-order valence-electron chi connectivity index (χ3n) is 5.87. The van der Waals surface area contributed by atoms with Gasteiger partial charge in [-0.2, -0.15) is 0 Å². The fourth-order valence-electron chi connectivity index (χ4n) is 4.32. The number of rotatable bonds is 3. The maximum absolute atomic E-state index is 14.0. The number of likely N-dealkylation sites (tertiary alicyclic amines) is 1. The summed E-state index contributed by atoms with van der Waals surface area (Å²) in [4.78, 5) is 26.3. The molecule has 128 valence electrons. The number of halogens is 1. The Kier molecular flexibility index (Phi) is 3.82. The Morgan fingerprint density at radius 1 is 1.09 bits per heavy atom. The highest BCUT2D eigenvalue weighted by molar-refractivity contribution is 5.88. The standard InChI is InChI=1S/C17H25FN2O3/c18-17(8-9-17)16(22)20-10-7-13-12(20)5-6-14(23-13)15(21)19-11-3-1-2-4-11/h11-14H,1-10H2,(H,19,21)/t12-,13-,14-/m1/s1. The van der Waals surface area contributed by atoms with Crippen molar-refractivity contribution in [1.29, 1.82) is 0 Å². The summed E-state index contributed by atoms with van der Waals surface area (Å²) in [5, 5.41) is 3.09. The molecule has 2 aliphatic carbocycles. The van der Waals surface area contributed by atoms with Crippen molar-refractivity contribution in [2.24, 2.45) is 0 Å². The van der Waals surface area contributed by atoms with Gasteiger partial charge in [0.25, 0.3) is 5.91 Å². The summed E-state index contributed by atoms with van der Waals surface area (Å²) in [5.41, 5.74) is -1.61. The summed E-state index contributed by atoms with van der Waals surface area (Å²) in [7, 11) is 0. The Bertz CT molecular complexity index is 502. The first-order valence-corrected chi connectivity index (χ1v) is 9.03. The Morgan fingerprint density at radius 3 is 2.52 bits per heavy atom. The van der Waals surface area contributed by atoms with E-state index in [1.165, 1.54) is 12.8 Å². The van der Waals surface area contributed by atoms with Crippen molar-refractivity contribution in [1.82, 2.24) is 10.2 Å². The van der Waals surface area contributed by atoms with Crippen molar-refractivity contribution < 1.29 is 18.7 Å². The molecule has 0 radical (unpaired) electrons. The summed E-state index contributed by atoms with van der Waals surface area (Å²) in [6.45, 7) is 0.552. The highest BCUT2D eigenvalue weighted by Gasteiger charge is 2.56. The van der Waals surface area contributed by atoms with E-state index in [1.54, 1.807) is 4.90 Å². The summed E-state index contributed by atoms with van der Waals surface area (Å²) in [6, 6.07) is 0.248. The Morgan fingerprint density at radius 2 is 1.83 bits per heavy atom. The lowest BCUT2D eigenvalue weighted by atomic mass is 9.98. The van der Waals surface area contributed by atoms with Crippen LogP contribution in [0.3, 0.4) is 0 Å². The minimum Gasteiger partial charge on any atom is -0.363 e. The molecule has 4 rings (SSSR count). The van der Waals surface area contributed by atoms with Crippen molar-refractivity contribution in [3.63, 3.8) is 0 Å². The molecule has 0 aromatic carbocycles. The molecular formula is C17H25FN2O3. The van der Waals surface area contributed by atoms with Crippen LogP contribution in [0.5, 0.6) is 0 Å². The van der Waals surface area contributed by atoms with Gasteiger partial charge in [0.15, 0.2) is 5.67 Å². The van der Waals surface area contributed by atoms with Crippen LogP contribution in [0.1, 0.15) is 57.8 Å². The molecule has 2 saturated heterocycles. The third kappa shape index (κ3) is 2.86. The lowest BCUT2D eigenvalue weighted by Gasteiger charge is -2.36. The average Bonchev–Trinajstić information content (AvgIpc) is 2.97. The van der Waals surface area contributed by atoms with E-state index in [-0.39, 0.29) is 24.0 Å². The van der Waals surface area contributed by atoms with Crippen molar-refractivity contribution in [3.05, 3.63) is 0 Å². The average molecular weight is 324 g/mol. The van der Waals surface area contributed by atoms with Crippen molar-refractivity contribution >= 4 is 11.8 Å². The zero-order valence-corrected chi connectivity index (χ0v) is 13.4. The number of carbonyl (C=O) groups excluding carboxylic acids is 2. The molecule has 2 aliphatic heterocycles. The largest absolute Gasteiger partial charge is 0.363 e. The first-order valence-electron chi connectivity index (χ1n) is 9.03. The van der Waals surface area contributed by atoms with E-state index in [1.807, 2.05) is 0 Å². The Labute approximate surface area is 135 Å². The molecule has 0 aromatic heterocycles. The normalized spacial score (nSPS) is 35.9. The van der Waals surface area contributed by atoms with E-state index in [9.17, 15) is 14.0 Å². The van der Waals surface area contributed by atoms with Gasteiger partial charge in [0, 0.05) is 12.6 Å². The summed E-state index contributed by atoms with van der Waals surface area (Å²) in [6.07, 6.45) is 6.72. The van der Waals surface area contributed by atoms with Crippen LogP contribution in [-0.2, 0) is 14.3 Å². The second-order valence-corrected chi connectivity index (χ2v) is 7.55. The maximum Gasteiger partial charge on any atom is 0.260 e. The second-order valence-electron chi connectivity index (χ2n) is 7.55. The number of alkyl halides is 1. The van der Waals surface area contributed by atoms with Gasteiger partial charge in [-0.05, 0) is 44.9 Å². The minimum absolute atomic E-state index is 0.00992. The number of hydrogen-bond acceptors (Lipinski definition) is 3. The number of carbonyl (C=O) groups is 2. The van der Waals surface area contributed by atoms with Crippen LogP contribution in [0.25, 0.3) is 0 Å². The van der Waals surface area contributed by atoms with Crippen LogP contribution in [0.15, 0.2) is 0 Å². The van der Waals surface area contributed by atoms with Gasteiger partial charge in [-0.15, -0.1) is 0 Å². The van der Waals surface area contributed by atoms with Crippen LogP contribution in [-0.4, -0.2) is 53.2 Å². The van der Waals surface area contributed by atoms with Crippen LogP contribution in [0.4, 0.5) is 4.39 Å². The summed E-state index contributed by atoms with van der Waals surface area (Å²) < 4.78 is 20.0. The number of fused-ring (bicyclic) bond motifs is 1. The molecule has 0 bridgehead atoms. The molecule has 2 heterocycles. The molecule has 4 aliphatic rings. The van der Waals surface area contributed by atoms with E-state index in [2.05, 4.69) is 5.32 Å². The van der Waals surface area contributed by atoms with Gasteiger partial charge in [0.2, 0.25) is 5.91 Å². The first kappa shape index (κ1) is 15.4. The molecule has 2 saturated carbocycles. The molecule has 4 fully saturated rings. The SMILES string of the molecule is O=C(NC1CCCC1)[C@H]1CC[C@@H]2[C@@H](CCN2C(=O)C2(F)CC2)O1. The van der Waals surface area contributed by atoms with E-state index in [0.29, 0.717) is 38.3 Å². The lowest BCUT2D eigenvalue weighted by molar-refractivity contribution is -0.150. The zero-order valence-electron chi connectivity index (χ0n) is 13.4. The van der Waals surface area contributed by atoms with Crippen LogP contribution in [0, 0.1) is 0 Å². The van der Waals surface area contributed by atoms with E-state index in [4.69, 9.17) is 4.74 Å². The van der Waals surface area contributed by atoms with E-state index >= 15 is 0 Å². The second kappa shape index (κ2) is 5.72. The third-order valence-corrected chi connectivity index (χ3v) is 5.87. The number of ether oxygens (including phenoxy) is 1. The Hall–Kier alpha value is -1.17. The van der Waals surface area contributed by atoms with Gasteiger partial charge in [-0.1, -0.05) is 12.8 Å². The number of amides is 2. The monoisotopic (exact) mass is 324 g/mol. The molecule has 0 aromatic rings. The molecule has 23 heavy (non-hydrogen) atoms. The molecule has 2 amide bonds. The van der Waals surface area contributed by atoms with Gasteiger partial charge in [0.1, 0.15) is 6.10 Å². The number of nitrogens with one attached hydrogen (secondary N) is 1. The number of nitrogens with zero attached hydrogens (tertiary/aromatic N) is 1. The zero-order chi connectivity index (χ0) is 16.0. The van der Waals surface area contributed by atoms with Crippen molar-refractivity contribution in [2.75, 3.05) is 6.54 Å². The highest BCUT2D eigenvalue weighted by atomic mass is 19.1. The van der Waals surface area contributed by atoms with Crippen LogP contribution in [0.2, 0.25) is 0 Å². The lowest BCUT2D eigenvalue weighted by Crippen LogP contribution is -2.51. The predicted octanol–water partition coefficient (Wildman–Crippen LogP) is 1.70. The van der Waals surface area contributed by atoms with Gasteiger partial charge in [-0.25, -0.2) is 4.39 Å². The summed E-state index contributed by atoms with van der Waals surface area (Å²) in [5.74, 6) is -0.369. The van der Waals surface area contributed by atoms with Gasteiger partial charge in [0.05, 0.1) is 12.1 Å². The topological polar surface area (TPSA) is 58.6 Å². The smallest absolute Gasteiger partial charge is 0.260 e. The van der Waals surface area contributed by atoms with Gasteiger partial charge < -0.3 is 15.0 Å². The summed E-state index contributed by atoms with van der Waals surface area (Å²) >= 11 is 0. The Balaban J connectivity index is 1.33. The van der Waals surface area contributed by atoms with Crippen molar-refractivity contribution in [3.8, 4) is 0 Å². The predicted molar refractivity (Wildman–Crippen MR) is 81.5 cm³/mol. The molecule has 1 N–H and O–H groups in total.